The van der Waals surface area contributed by atoms with Gasteiger partial charge in [-0.15, -0.1) is 5.10 Å². The van der Waals surface area contributed by atoms with Gasteiger partial charge in [0.1, 0.15) is 0 Å². The summed E-state index contributed by atoms with van der Waals surface area (Å²) in [6.07, 6.45) is 4.54. The topological polar surface area (TPSA) is 87.7 Å². The molecule has 8 nitrogen and oxygen atoms in total. The molecule has 1 fully saturated rings. The van der Waals surface area contributed by atoms with E-state index in [4.69, 9.17) is 4.74 Å². The number of ether oxygens (including phenoxy) is 1. The van der Waals surface area contributed by atoms with E-state index < -0.39 is 0 Å². The summed E-state index contributed by atoms with van der Waals surface area (Å²) >= 11 is 0. The summed E-state index contributed by atoms with van der Waals surface area (Å²) in [5.41, 5.74) is 1.90. The number of hydrogen-bond donors (Lipinski definition) is 0. The molecule has 0 spiro atoms. The molecular formula is C16H16N6O2. The largest absolute Gasteiger partial charge is 0.457 e. The van der Waals surface area contributed by atoms with Crippen molar-refractivity contribution in [3.05, 3.63) is 54.1 Å². The molecule has 2 atom stereocenters. The highest BCUT2D eigenvalue weighted by Gasteiger charge is 2.46. The van der Waals surface area contributed by atoms with Crippen molar-refractivity contribution in [1.29, 1.82) is 0 Å². The van der Waals surface area contributed by atoms with E-state index in [2.05, 4.69) is 20.6 Å². The maximum atomic E-state index is 12.2. The van der Waals surface area contributed by atoms with Crippen molar-refractivity contribution in [2.45, 2.75) is 18.9 Å². The molecule has 2 heterocycles. The third kappa shape index (κ3) is 2.78. The van der Waals surface area contributed by atoms with Crippen LogP contribution in [0.15, 0.2) is 42.7 Å². The van der Waals surface area contributed by atoms with Crippen molar-refractivity contribution < 1.29 is 9.53 Å². The summed E-state index contributed by atoms with van der Waals surface area (Å²) in [7, 11) is 1.86. The van der Waals surface area contributed by atoms with E-state index in [0.29, 0.717) is 5.82 Å². The molecule has 0 unspecified atom stereocenters. The number of carbonyl (C=O) groups is 1. The molecule has 0 radical (unpaired) electrons. The second kappa shape index (κ2) is 5.88. The van der Waals surface area contributed by atoms with E-state index in [0.717, 1.165) is 17.7 Å². The Balaban J connectivity index is 1.38. The highest BCUT2D eigenvalue weighted by Crippen LogP contribution is 2.48. The summed E-state index contributed by atoms with van der Waals surface area (Å²) in [4.78, 5) is 12.2. The van der Waals surface area contributed by atoms with Gasteiger partial charge in [0.25, 0.3) is 0 Å². The predicted molar refractivity (Wildman–Crippen MR) is 83.0 cm³/mol. The Labute approximate surface area is 138 Å². The lowest BCUT2D eigenvalue weighted by molar-refractivity contribution is -0.146. The van der Waals surface area contributed by atoms with Crippen molar-refractivity contribution in [1.82, 2.24) is 30.0 Å². The van der Waals surface area contributed by atoms with Crippen molar-refractivity contribution in [2.75, 3.05) is 0 Å². The molecule has 0 saturated heterocycles. The molecule has 2 aromatic heterocycles. The number of benzene rings is 1. The van der Waals surface area contributed by atoms with Gasteiger partial charge in [0.2, 0.25) is 0 Å². The lowest BCUT2D eigenvalue weighted by Gasteiger charge is -2.05. The minimum atomic E-state index is -0.216. The Morgan fingerprint density at radius 3 is 2.92 bits per heavy atom. The second-order valence-corrected chi connectivity index (χ2v) is 5.85. The molecule has 1 aliphatic carbocycles. The van der Waals surface area contributed by atoms with E-state index in [9.17, 15) is 4.79 Å². The molecule has 122 valence electrons. The fourth-order valence-corrected chi connectivity index (χ4v) is 2.76. The highest BCUT2D eigenvalue weighted by molar-refractivity contribution is 5.77. The van der Waals surface area contributed by atoms with E-state index in [1.54, 1.807) is 15.6 Å². The standard InChI is InChI=1S/C16H16N6O2/c1-21-9-11(8-17-21)13-7-14(13)16(23)24-10-15-18-19-20-22(15)12-5-3-2-4-6-12/h2-6,8-9,13-14H,7,10H2,1H3/t13-,14+/m1/s1. The molecule has 0 bridgehead atoms. The Morgan fingerprint density at radius 1 is 1.33 bits per heavy atom. The van der Waals surface area contributed by atoms with Crippen LogP contribution in [0.1, 0.15) is 23.7 Å². The summed E-state index contributed by atoms with van der Waals surface area (Å²) in [5, 5.41) is 15.7. The number of esters is 1. The van der Waals surface area contributed by atoms with Crippen LogP contribution in [0.5, 0.6) is 0 Å². The number of tetrazole rings is 1. The first-order chi connectivity index (χ1) is 11.7. The van der Waals surface area contributed by atoms with E-state index >= 15 is 0 Å². The monoisotopic (exact) mass is 324 g/mol. The molecule has 0 aliphatic heterocycles. The molecule has 0 N–H and O–H groups in total. The fourth-order valence-electron chi connectivity index (χ4n) is 2.76. The van der Waals surface area contributed by atoms with Gasteiger partial charge in [0.15, 0.2) is 12.4 Å². The van der Waals surface area contributed by atoms with Crippen LogP contribution in [0.2, 0.25) is 0 Å². The predicted octanol–water partition coefficient (Wildman–Crippen LogP) is 1.24. The zero-order valence-corrected chi connectivity index (χ0v) is 13.1. The first-order valence-corrected chi connectivity index (χ1v) is 7.70. The van der Waals surface area contributed by atoms with Crippen LogP contribution in [0.4, 0.5) is 0 Å². The van der Waals surface area contributed by atoms with Crippen LogP contribution in [0.3, 0.4) is 0 Å². The number of aryl methyl sites for hydroxylation is 1. The van der Waals surface area contributed by atoms with Crippen LogP contribution < -0.4 is 0 Å². The Kier molecular flexibility index (Phi) is 3.56. The molecular weight excluding hydrogens is 308 g/mol. The molecule has 1 aliphatic rings. The molecule has 24 heavy (non-hydrogen) atoms. The molecule has 1 aromatic carbocycles. The van der Waals surface area contributed by atoms with Gasteiger partial charge in [-0.05, 0) is 34.5 Å². The number of aromatic nitrogens is 6. The van der Waals surface area contributed by atoms with Crippen LogP contribution in [-0.2, 0) is 23.2 Å². The van der Waals surface area contributed by atoms with Gasteiger partial charge in [0.05, 0.1) is 17.8 Å². The molecule has 3 aromatic rings. The minimum Gasteiger partial charge on any atom is -0.457 e. The summed E-state index contributed by atoms with van der Waals surface area (Å²) < 4.78 is 8.71. The van der Waals surface area contributed by atoms with Gasteiger partial charge in [-0.3, -0.25) is 9.48 Å². The lowest BCUT2D eigenvalue weighted by Crippen LogP contribution is -2.11. The quantitative estimate of drug-likeness (QED) is 0.656. The van der Waals surface area contributed by atoms with Crippen LogP contribution in [-0.4, -0.2) is 36.0 Å². The maximum Gasteiger partial charge on any atom is 0.310 e. The Morgan fingerprint density at radius 2 is 2.17 bits per heavy atom. The van der Waals surface area contributed by atoms with Gasteiger partial charge in [-0.25, -0.2) is 0 Å². The number of carbonyl (C=O) groups excluding carboxylic acids is 1. The van der Waals surface area contributed by atoms with Crippen LogP contribution >= 0.6 is 0 Å². The number of rotatable bonds is 5. The van der Waals surface area contributed by atoms with Gasteiger partial charge in [-0.2, -0.15) is 9.78 Å². The molecule has 0 amide bonds. The first-order valence-electron chi connectivity index (χ1n) is 7.70. The summed E-state index contributed by atoms with van der Waals surface area (Å²) in [5.74, 6) is 0.381. The minimum absolute atomic E-state index is 0.0526. The zero-order valence-electron chi connectivity index (χ0n) is 13.1. The average molecular weight is 324 g/mol. The third-order valence-electron chi connectivity index (χ3n) is 4.12. The fraction of sp³-hybridized carbons (Fsp3) is 0.312. The number of para-hydroxylation sites is 1. The normalized spacial score (nSPS) is 19.2. The number of hydrogen-bond acceptors (Lipinski definition) is 6. The van der Waals surface area contributed by atoms with E-state index in [1.165, 1.54) is 0 Å². The average Bonchev–Trinajstić information content (AvgIpc) is 3.06. The third-order valence-corrected chi connectivity index (χ3v) is 4.12. The highest BCUT2D eigenvalue weighted by atomic mass is 16.5. The Bertz CT molecular complexity index is 856. The van der Waals surface area contributed by atoms with E-state index in [-0.39, 0.29) is 24.4 Å². The van der Waals surface area contributed by atoms with Gasteiger partial charge in [0, 0.05) is 19.2 Å². The molecule has 4 rings (SSSR count). The van der Waals surface area contributed by atoms with Crippen LogP contribution in [0.25, 0.3) is 5.69 Å². The van der Waals surface area contributed by atoms with Crippen molar-refractivity contribution in [3.63, 3.8) is 0 Å². The van der Waals surface area contributed by atoms with Crippen molar-refractivity contribution in [3.8, 4) is 5.69 Å². The Hall–Kier alpha value is -3.03. The second-order valence-electron chi connectivity index (χ2n) is 5.85. The SMILES string of the molecule is Cn1cc([C@H]2C[C@@H]2C(=O)OCc2nnnn2-c2ccccc2)cn1. The van der Waals surface area contributed by atoms with Crippen molar-refractivity contribution in [2.24, 2.45) is 13.0 Å². The van der Waals surface area contributed by atoms with Gasteiger partial charge < -0.3 is 4.74 Å². The van der Waals surface area contributed by atoms with Gasteiger partial charge in [-0.1, -0.05) is 18.2 Å². The smallest absolute Gasteiger partial charge is 0.310 e. The molecule has 1 saturated carbocycles. The maximum absolute atomic E-state index is 12.2. The van der Waals surface area contributed by atoms with Gasteiger partial charge >= 0.3 is 5.97 Å². The zero-order chi connectivity index (χ0) is 16.5. The molecule has 8 heteroatoms. The van der Waals surface area contributed by atoms with Crippen molar-refractivity contribution >= 4 is 5.97 Å². The number of nitrogens with zero attached hydrogens (tertiary/aromatic N) is 6. The summed E-state index contributed by atoms with van der Waals surface area (Å²) in [6, 6.07) is 9.49. The van der Waals surface area contributed by atoms with Crippen LogP contribution in [0, 0.1) is 5.92 Å². The summed E-state index contributed by atoms with van der Waals surface area (Å²) in [6.45, 7) is 0.0526. The first kappa shape index (κ1) is 14.6. The van der Waals surface area contributed by atoms with E-state index in [1.807, 2.05) is 43.6 Å². The lowest BCUT2D eigenvalue weighted by atomic mass is 10.2.